The fraction of sp³-hybridized carbons (Fsp3) is 0.600. The lowest BCUT2D eigenvalue weighted by molar-refractivity contribution is 0.527. The molecule has 1 aromatic carbocycles. The third-order valence-corrected chi connectivity index (χ3v) is 3.72. The van der Waals surface area contributed by atoms with Gasteiger partial charge in [-0.25, -0.2) is 0 Å². The summed E-state index contributed by atoms with van der Waals surface area (Å²) < 4.78 is 0. The fourth-order valence-electron chi connectivity index (χ4n) is 2.86. The lowest BCUT2D eigenvalue weighted by Crippen LogP contribution is -2.26. The van der Waals surface area contributed by atoms with Crippen molar-refractivity contribution in [1.82, 2.24) is 5.32 Å². The normalized spacial score (nSPS) is 19.9. The van der Waals surface area contributed by atoms with Crippen molar-refractivity contribution in [2.24, 2.45) is 5.92 Å². The minimum Gasteiger partial charge on any atom is -0.371 e. The molecular formula is C15H24N2. The minimum absolute atomic E-state index is 0.814. The number of benzene rings is 1. The van der Waals surface area contributed by atoms with Crippen molar-refractivity contribution in [1.29, 1.82) is 0 Å². The van der Waals surface area contributed by atoms with E-state index in [1.807, 2.05) is 0 Å². The molecule has 2 rings (SSSR count). The van der Waals surface area contributed by atoms with Crippen LogP contribution in [0.3, 0.4) is 0 Å². The molecule has 0 amide bonds. The van der Waals surface area contributed by atoms with Crippen molar-refractivity contribution >= 4 is 5.69 Å². The number of aryl methyl sites for hydroxylation is 2. The molecular weight excluding hydrogens is 208 g/mol. The molecule has 1 aromatic rings. The van der Waals surface area contributed by atoms with Gasteiger partial charge in [0.05, 0.1) is 0 Å². The van der Waals surface area contributed by atoms with Crippen LogP contribution in [0.15, 0.2) is 18.2 Å². The molecule has 94 valence electrons. The zero-order chi connectivity index (χ0) is 12.3. The van der Waals surface area contributed by atoms with Crippen molar-refractivity contribution in [3.63, 3.8) is 0 Å². The van der Waals surface area contributed by atoms with Crippen LogP contribution < -0.4 is 10.2 Å². The number of para-hydroxylation sites is 1. The highest BCUT2D eigenvalue weighted by Gasteiger charge is 2.23. The molecule has 17 heavy (non-hydrogen) atoms. The van der Waals surface area contributed by atoms with Gasteiger partial charge in [-0.05, 0) is 50.4 Å². The standard InChI is InChI=1S/C15H24N2/c1-4-16-10-14-8-9-17(11-14)15-12(2)6-5-7-13(15)3/h5-7,14,16H,4,8-11H2,1-3H3. The highest BCUT2D eigenvalue weighted by Crippen LogP contribution is 2.29. The lowest BCUT2D eigenvalue weighted by Gasteiger charge is -2.23. The van der Waals surface area contributed by atoms with Crippen molar-refractivity contribution in [2.75, 3.05) is 31.1 Å². The van der Waals surface area contributed by atoms with Crippen LogP contribution in [-0.2, 0) is 0 Å². The number of hydrogen-bond acceptors (Lipinski definition) is 2. The zero-order valence-corrected chi connectivity index (χ0v) is 11.3. The molecule has 1 saturated heterocycles. The van der Waals surface area contributed by atoms with E-state index in [1.54, 1.807) is 0 Å². The van der Waals surface area contributed by atoms with E-state index in [9.17, 15) is 0 Å². The van der Waals surface area contributed by atoms with Gasteiger partial charge in [-0.3, -0.25) is 0 Å². The van der Waals surface area contributed by atoms with Crippen molar-refractivity contribution in [3.05, 3.63) is 29.3 Å². The second-order valence-electron chi connectivity index (χ2n) is 5.15. The second-order valence-corrected chi connectivity index (χ2v) is 5.15. The summed E-state index contributed by atoms with van der Waals surface area (Å²) >= 11 is 0. The molecule has 2 nitrogen and oxygen atoms in total. The third kappa shape index (κ3) is 2.81. The first-order chi connectivity index (χ1) is 8.22. The summed E-state index contributed by atoms with van der Waals surface area (Å²) in [5, 5.41) is 3.46. The molecule has 0 aliphatic carbocycles. The summed E-state index contributed by atoms with van der Waals surface area (Å²) in [6.45, 7) is 11.3. The number of rotatable bonds is 4. The van der Waals surface area contributed by atoms with E-state index < -0.39 is 0 Å². The van der Waals surface area contributed by atoms with E-state index in [0.717, 1.165) is 19.0 Å². The van der Waals surface area contributed by atoms with E-state index in [0.29, 0.717) is 0 Å². The monoisotopic (exact) mass is 232 g/mol. The molecule has 1 heterocycles. The molecule has 0 saturated carbocycles. The maximum Gasteiger partial charge on any atom is 0.0425 e. The largest absolute Gasteiger partial charge is 0.371 e. The SMILES string of the molecule is CCNCC1CCN(c2c(C)cccc2C)C1. The van der Waals surface area contributed by atoms with Crippen molar-refractivity contribution in [2.45, 2.75) is 27.2 Å². The Bertz CT molecular complexity index is 353. The molecule has 0 bridgehead atoms. The number of nitrogens with one attached hydrogen (secondary N) is 1. The van der Waals surface area contributed by atoms with E-state index in [-0.39, 0.29) is 0 Å². The number of anilines is 1. The van der Waals surface area contributed by atoms with Gasteiger partial charge < -0.3 is 10.2 Å². The average molecular weight is 232 g/mol. The molecule has 0 radical (unpaired) electrons. The van der Waals surface area contributed by atoms with Gasteiger partial charge in [0.2, 0.25) is 0 Å². The number of nitrogens with zero attached hydrogens (tertiary/aromatic N) is 1. The lowest BCUT2D eigenvalue weighted by atomic mass is 10.1. The summed E-state index contributed by atoms with van der Waals surface area (Å²) in [5.41, 5.74) is 4.29. The first-order valence-electron chi connectivity index (χ1n) is 6.74. The summed E-state index contributed by atoms with van der Waals surface area (Å²) in [6.07, 6.45) is 1.32. The fourth-order valence-corrected chi connectivity index (χ4v) is 2.86. The van der Waals surface area contributed by atoms with E-state index in [2.05, 4.69) is 49.2 Å². The Hall–Kier alpha value is -1.02. The molecule has 1 aliphatic heterocycles. The third-order valence-electron chi connectivity index (χ3n) is 3.72. The summed E-state index contributed by atoms with van der Waals surface area (Å²) in [7, 11) is 0. The van der Waals surface area contributed by atoms with Crippen LogP contribution in [0.1, 0.15) is 24.5 Å². The van der Waals surface area contributed by atoms with Gasteiger partial charge in [0.15, 0.2) is 0 Å². The Balaban J connectivity index is 2.05. The smallest absolute Gasteiger partial charge is 0.0425 e. The maximum absolute atomic E-state index is 3.46. The van der Waals surface area contributed by atoms with Gasteiger partial charge in [-0.1, -0.05) is 25.1 Å². The van der Waals surface area contributed by atoms with Crippen molar-refractivity contribution < 1.29 is 0 Å². The number of hydrogen-bond donors (Lipinski definition) is 1. The Kier molecular flexibility index (Phi) is 4.06. The van der Waals surface area contributed by atoms with Crippen LogP contribution in [0, 0.1) is 19.8 Å². The van der Waals surface area contributed by atoms with Crippen LogP contribution in [-0.4, -0.2) is 26.2 Å². The molecule has 1 atom stereocenters. The summed E-state index contributed by atoms with van der Waals surface area (Å²) in [4.78, 5) is 2.56. The Morgan fingerprint density at radius 1 is 1.29 bits per heavy atom. The van der Waals surface area contributed by atoms with Crippen LogP contribution >= 0.6 is 0 Å². The zero-order valence-electron chi connectivity index (χ0n) is 11.3. The van der Waals surface area contributed by atoms with Crippen molar-refractivity contribution in [3.8, 4) is 0 Å². The first kappa shape index (κ1) is 12.4. The van der Waals surface area contributed by atoms with Gasteiger partial charge in [-0.15, -0.1) is 0 Å². The van der Waals surface area contributed by atoms with Crippen LogP contribution in [0.5, 0.6) is 0 Å². The van der Waals surface area contributed by atoms with E-state index in [4.69, 9.17) is 0 Å². The van der Waals surface area contributed by atoms with Gasteiger partial charge in [-0.2, -0.15) is 0 Å². The topological polar surface area (TPSA) is 15.3 Å². The quantitative estimate of drug-likeness (QED) is 0.858. The molecule has 0 aromatic heterocycles. The summed E-state index contributed by atoms with van der Waals surface area (Å²) in [5.74, 6) is 0.814. The molecule has 1 aliphatic rings. The highest BCUT2D eigenvalue weighted by atomic mass is 15.2. The molecule has 2 heteroatoms. The molecule has 1 unspecified atom stereocenters. The molecule has 0 spiro atoms. The molecule has 1 N–H and O–H groups in total. The highest BCUT2D eigenvalue weighted by molar-refractivity contribution is 5.59. The summed E-state index contributed by atoms with van der Waals surface area (Å²) in [6, 6.07) is 6.60. The Labute approximate surface area is 105 Å². The maximum atomic E-state index is 3.46. The second kappa shape index (κ2) is 5.54. The van der Waals surface area contributed by atoms with Gasteiger partial charge in [0.25, 0.3) is 0 Å². The van der Waals surface area contributed by atoms with Crippen LogP contribution in [0.2, 0.25) is 0 Å². The van der Waals surface area contributed by atoms with Crippen LogP contribution in [0.4, 0.5) is 5.69 Å². The van der Waals surface area contributed by atoms with Crippen LogP contribution in [0.25, 0.3) is 0 Å². The van der Waals surface area contributed by atoms with Gasteiger partial charge >= 0.3 is 0 Å². The minimum atomic E-state index is 0.814. The average Bonchev–Trinajstić information content (AvgIpc) is 2.75. The Morgan fingerprint density at radius 3 is 2.65 bits per heavy atom. The molecule has 1 fully saturated rings. The van der Waals surface area contributed by atoms with Gasteiger partial charge in [0, 0.05) is 18.8 Å². The first-order valence-corrected chi connectivity index (χ1v) is 6.74. The Morgan fingerprint density at radius 2 is 2.00 bits per heavy atom. The predicted molar refractivity (Wildman–Crippen MR) is 74.8 cm³/mol. The van der Waals surface area contributed by atoms with Gasteiger partial charge in [0.1, 0.15) is 0 Å². The van der Waals surface area contributed by atoms with E-state index in [1.165, 1.54) is 36.3 Å². The van der Waals surface area contributed by atoms with E-state index >= 15 is 0 Å². The predicted octanol–water partition coefficient (Wildman–Crippen LogP) is 2.74.